The largest absolute Gasteiger partial charge is 0.480 e. The van der Waals surface area contributed by atoms with Crippen LogP contribution in [0.1, 0.15) is 26.2 Å². The van der Waals surface area contributed by atoms with Gasteiger partial charge in [0.25, 0.3) is 0 Å². The van der Waals surface area contributed by atoms with E-state index in [1.165, 1.54) is 6.92 Å². The zero-order valence-electron chi connectivity index (χ0n) is 13.3. The fraction of sp³-hybridized carbons (Fsp3) is 0.571. The number of aliphatic carboxylic acids is 2. The third-order valence-corrected chi connectivity index (χ3v) is 3.46. The summed E-state index contributed by atoms with van der Waals surface area (Å²) in [5.74, 6) is -3.63. The fourth-order valence-electron chi connectivity index (χ4n) is 1.71. The number of nitrogens with two attached hydrogens (primary N) is 1. The van der Waals surface area contributed by atoms with E-state index in [0.717, 1.165) is 0 Å². The lowest BCUT2D eigenvalue weighted by molar-refractivity contribution is -0.141. The molecule has 136 valence electrons. The van der Waals surface area contributed by atoms with E-state index in [0.29, 0.717) is 0 Å². The Labute approximate surface area is 145 Å². The van der Waals surface area contributed by atoms with E-state index in [1.54, 1.807) is 0 Å². The number of carbonyl (C=O) groups excluding carboxylic acids is 2. The molecule has 0 spiro atoms. The Bertz CT molecular complexity index is 497. The van der Waals surface area contributed by atoms with Gasteiger partial charge in [-0.1, -0.05) is 6.58 Å². The predicted molar refractivity (Wildman–Crippen MR) is 89.6 cm³/mol. The Kier molecular flexibility index (Phi) is 9.74. The molecule has 0 bridgehead atoms. The molecular formula is C14H23N3O6S. The summed E-state index contributed by atoms with van der Waals surface area (Å²) in [5.41, 5.74) is 5.56. The standard InChI is InChI=1S/C14H23N3O6S/c1-7(2)11(14(22)23)17-12(19)9(6-24)16-10(18)5-3-4-8(15)13(20)21/h8-9,11,24H,1,3-6,15H2,2H3,(H,16,18)(H,17,19)(H,20,21)(H,22,23)/t8-,9-,11+/m0/s1. The third kappa shape index (κ3) is 7.97. The number of nitrogens with one attached hydrogen (secondary N) is 2. The summed E-state index contributed by atoms with van der Waals surface area (Å²) in [6.45, 7) is 4.94. The van der Waals surface area contributed by atoms with E-state index in [2.05, 4.69) is 29.8 Å². The quantitative estimate of drug-likeness (QED) is 0.206. The number of rotatable bonds is 11. The van der Waals surface area contributed by atoms with Crippen LogP contribution in [0.5, 0.6) is 0 Å². The van der Waals surface area contributed by atoms with Crippen LogP contribution in [0.4, 0.5) is 0 Å². The Balaban J connectivity index is 4.50. The van der Waals surface area contributed by atoms with Gasteiger partial charge in [0.15, 0.2) is 0 Å². The highest BCUT2D eigenvalue weighted by Gasteiger charge is 2.26. The van der Waals surface area contributed by atoms with Gasteiger partial charge in [0.2, 0.25) is 11.8 Å². The van der Waals surface area contributed by atoms with Gasteiger partial charge in [-0.25, -0.2) is 4.79 Å². The molecule has 0 unspecified atom stereocenters. The molecule has 0 rings (SSSR count). The summed E-state index contributed by atoms with van der Waals surface area (Å²) in [6.07, 6.45) is 0.350. The maximum Gasteiger partial charge on any atom is 0.330 e. The zero-order valence-corrected chi connectivity index (χ0v) is 14.2. The van der Waals surface area contributed by atoms with Crippen LogP contribution >= 0.6 is 12.6 Å². The van der Waals surface area contributed by atoms with Crippen molar-refractivity contribution in [1.82, 2.24) is 10.6 Å². The Morgan fingerprint density at radius 1 is 1.17 bits per heavy atom. The van der Waals surface area contributed by atoms with Gasteiger partial charge in [-0.05, 0) is 25.3 Å². The van der Waals surface area contributed by atoms with Gasteiger partial charge in [-0.2, -0.15) is 12.6 Å². The second kappa shape index (κ2) is 10.7. The maximum absolute atomic E-state index is 12.0. The molecular weight excluding hydrogens is 338 g/mol. The number of hydrogen-bond donors (Lipinski definition) is 6. The minimum atomic E-state index is -1.26. The molecule has 0 saturated carbocycles. The van der Waals surface area contributed by atoms with Crippen LogP contribution in [0.3, 0.4) is 0 Å². The lowest BCUT2D eigenvalue weighted by Crippen LogP contribution is -2.52. The van der Waals surface area contributed by atoms with Crippen LogP contribution in [-0.4, -0.2) is 57.8 Å². The summed E-state index contributed by atoms with van der Waals surface area (Å²) >= 11 is 3.96. The number of carboxylic acids is 2. The molecule has 0 aromatic rings. The first kappa shape index (κ1) is 21.9. The van der Waals surface area contributed by atoms with Crippen LogP contribution in [0.2, 0.25) is 0 Å². The van der Waals surface area contributed by atoms with Gasteiger partial charge < -0.3 is 26.6 Å². The maximum atomic E-state index is 12.0. The van der Waals surface area contributed by atoms with E-state index in [4.69, 9.17) is 15.9 Å². The molecule has 0 aromatic carbocycles. The van der Waals surface area contributed by atoms with Crippen molar-refractivity contribution in [3.05, 3.63) is 12.2 Å². The SMILES string of the molecule is C=C(C)[C@@H](NC(=O)[C@H](CS)NC(=O)CCC[C@H](N)C(=O)O)C(=O)O. The highest BCUT2D eigenvalue weighted by Crippen LogP contribution is 2.02. The lowest BCUT2D eigenvalue weighted by atomic mass is 10.1. The van der Waals surface area contributed by atoms with E-state index < -0.39 is 41.9 Å². The molecule has 0 aliphatic carbocycles. The van der Waals surface area contributed by atoms with Gasteiger partial charge in [0, 0.05) is 12.2 Å². The molecule has 9 nitrogen and oxygen atoms in total. The molecule has 0 fully saturated rings. The molecule has 2 amide bonds. The number of carboxylic acid groups (broad SMARTS) is 2. The third-order valence-electron chi connectivity index (χ3n) is 3.10. The first-order valence-electron chi connectivity index (χ1n) is 7.17. The van der Waals surface area contributed by atoms with Crippen molar-refractivity contribution in [2.45, 2.75) is 44.3 Å². The summed E-state index contributed by atoms with van der Waals surface area (Å²) in [4.78, 5) is 45.4. The topological polar surface area (TPSA) is 159 Å². The highest BCUT2D eigenvalue weighted by molar-refractivity contribution is 7.80. The summed E-state index contributed by atoms with van der Waals surface area (Å²) < 4.78 is 0. The van der Waals surface area contributed by atoms with Crippen molar-refractivity contribution in [2.75, 3.05) is 5.75 Å². The minimum absolute atomic E-state index is 0.0125. The zero-order chi connectivity index (χ0) is 18.9. The van der Waals surface area contributed by atoms with Crippen LogP contribution in [0.15, 0.2) is 12.2 Å². The number of carbonyl (C=O) groups is 4. The molecule has 3 atom stereocenters. The van der Waals surface area contributed by atoms with Crippen LogP contribution in [0.25, 0.3) is 0 Å². The first-order valence-corrected chi connectivity index (χ1v) is 7.80. The van der Waals surface area contributed by atoms with E-state index in [9.17, 15) is 19.2 Å². The molecule has 10 heteroatoms. The molecule has 0 aliphatic rings. The fourth-order valence-corrected chi connectivity index (χ4v) is 1.96. The van der Waals surface area contributed by atoms with Crippen molar-refractivity contribution >= 4 is 36.4 Å². The predicted octanol–water partition coefficient (Wildman–Crippen LogP) is -0.871. The Morgan fingerprint density at radius 2 is 1.75 bits per heavy atom. The van der Waals surface area contributed by atoms with Crippen molar-refractivity contribution < 1.29 is 29.4 Å². The van der Waals surface area contributed by atoms with Gasteiger partial charge in [0.1, 0.15) is 18.1 Å². The second-order valence-electron chi connectivity index (χ2n) is 5.27. The van der Waals surface area contributed by atoms with Crippen LogP contribution < -0.4 is 16.4 Å². The van der Waals surface area contributed by atoms with E-state index in [-0.39, 0.29) is 30.6 Å². The molecule has 24 heavy (non-hydrogen) atoms. The summed E-state index contributed by atoms with van der Waals surface area (Å²) in [6, 6.07) is -3.32. The number of hydrogen-bond acceptors (Lipinski definition) is 6. The van der Waals surface area contributed by atoms with Crippen molar-refractivity contribution in [2.24, 2.45) is 5.73 Å². The van der Waals surface area contributed by atoms with Crippen molar-refractivity contribution in [3.8, 4) is 0 Å². The van der Waals surface area contributed by atoms with E-state index in [1.807, 2.05) is 0 Å². The summed E-state index contributed by atoms with van der Waals surface area (Å²) in [7, 11) is 0. The van der Waals surface area contributed by atoms with E-state index >= 15 is 0 Å². The molecule has 0 aliphatic heterocycles. The Hall–Kier alpha value is -2.07. The molecule has 0 radical (unpaired) electrons. The highest BCUT2D eigenvalue weighted by atomic mass is 32.1. The Morgan fingerprint density at radius 3 is 2.17 bits per heavy atom. The minimum Gasteiger partial charge on any atom is -0.480 e. The average Bonchev–Trinajstić information content (AvgIpc) is 2.48. The molecule has 6 N–H and O–H groups in total. The molecule has 0 heterocycles. The van der Waals surface area contributed by atoms with Gasteiger partial charge in [0.05, 0.1) is 0 Å². The second-order valence-corrected chi connectivity index (χ2v) is 5.63. The lowest BCUT2D eigenvalue weighted by Gasteiger charge is -2.20. The van der Waals surface area contributed by atoms with Crippen LogP contribution in [-0.2, 0) is 19.2 Å². The molecule has 0 saturated heterocycles. The van der Waals surface area contributed by atoms with Crippen molar-refractivity contribution in [3.63, 3.8) is 0 Å². The number of amides is 2. The summed E-state index contributed by atoms with van der Waals surface area (Å²) in [5, 5.41) is 22.3. The van der Waals surface area contributed by atoms with Gasteiger partial charge >= 0.3 is 11.9 Å². The normalized spacial score (nSPS) is 14.1. The smallest absolute Gasteiger partial charge is 0.330 e. The average molecular weight is 361 g/mol. The van der Waals surface area contributed by atoms with Gasteiger partial charge in [-0.3, -0.25) is 14.4 Å². The number of thiol groups is 1. The monoisotopic (exact) mass is 361 g/mol. The van der Waals surface area contributed by atoms with Crippen molar-refractivity contribution in [1.29, 1.82) is 0 Å². The first-order chi connectivity index (χ1) is 11.1. The van der Waals surface area contributed by atoms with Gasteiger partial charge in [-0.15, -0.1) is 0 Å². The molecule has 0 aromatic heterocycles. The van der Waals surface area contributed by atoms with Crippen LogP contribution in [0, 0.1) is 0 Å².